The number of fused-ring (bicyclic) bond motifs is 1. The molecule has 6 heteroatoms. The Kier molecular flexibility index (Phi) is 3.33. The van der Waals surface area contributed by atoms with Crippen molar-refractivity contribution in [1.82, 2.24) is 19.9 Å². The van der Waals surface area contributed by atoms with E-state index in [2.05, 4.69) is 47.8 Å². The van der Waals surface area contributed by atoms with E-state index in [0.717, 1.165) is 32.1 Å². The number of halogens is 1. The van der Waals surface area contributed by atoms with Gasteiger partial charge in [0.2, 0.25) is 0 Å². The number of rotatable bonds is 3. The zero-order valence-corrected chi connectivity index (χ0v) is 12.5. The molecule has 96 valence electrons. The first-order valence-corrected chi connectivity index (χ1v) is 6.97. The van der Waals surface area contributed by atoms with Crippen molar-refractivity contribution >= 4 is 39.4 Å². The second-order valence-electron chi connectivity index (χ2n) is 4.11. The quantitative estimate of drug-likeness (QED) is 0.701. The molecule has 0 spiro atoms. The third-order valence-electron chi connectivity index (χ3n) is 2.79. The molecule has 0 aliphatic heterocycles. The molecule has 0 saturated carbocycles. The molecule has 2 heterocycles. The lowest BCUT2D eigenvalue weighted by atomic mass is 10.3. The van der Waals surface area contributed by atoms with E-state index in [1.54, 1.807) is 0 Å². The lowest BCUT2D eigenvalue weighted by Crippen LogP contribution is -2.03. The van der Waals surface area contributed by atoms with E-state index in [9.17, 15) is 0 Å². The van der Waals surface area contributed by atoms with Gasteiger partial charge in [0.15, 0.2) is 0 Å². The lowest BCUT2D eigenvalue weighted by Gasteiger charge is -2.04. The van der Waals surface area contributed by atoms with Crippen molar-refractivity contribution in [3.8, 4) is 0 Å². The minimum absolute atomic E-state index is 0.598. The Morgan fingerprint density at radius 3 is 2.89 bits per heavy atom. The van der Waals surface area contributed by atoms with Gasteiger partial charge in [0.1, 0.15) is 17.5 Å². The van der Waals surface area contributed by atoms with Gasteiger partial charge in [-0.3, -0.25) is 0 Å². The molecule has 0 unspecified atom stereocenters. The number of nitrogens with zero attached hydrogens (tertiary/aromatic N) is 3. The van der Waals surface area contributed by atoms with Crippen LogP contribution >= 0.6 is 22.6 Å². The van der Waals surface area contributed by atoms with Crippen LogP contribution in [0.3, 0.4) is 0 Å². The summed E-state index contributed by atoms with van der Waals surface area (Å²) in [6.07, 6.45) is 2.41. The Hall–Kier alpha value is -1.70. The first kappa shape index (κ1) is 12.3. The average Bonchev–Trinajstić information content (AvgIpc) is 2.83. The third-order valence-corrected chi connectivity index (χ3v) is 3.58. The third kappa shape index (κ3) is 2.53. The number of imidazole rings is 1. The Morgan fingerprint density at radius 1 is 1.26 bits per heavy atom. The molecule has 2 N–H and O–H groups in total. The second-order valence-corrected chi connectivity index (χ2v) is 5.27. The minimum Gasteiger partial charge on any atom is -0.372 e. The topological polar surface area (TPSA) is 66.5 Å². The van der Waals surface area contributed by atoms with Gasteiger partial charge in [0, 0.05) is 13.2 Å². The van der Waals surface area contributed by atoms with Crippen LogP contribution in [0, 0.1) is 3.57 Å². The summed E-state index contributed by atoms with van der Waals surface area (Å²) in [6, 6.07) is 7.97. The van der Waals surface area contributed by atoms with Crippen LogP contribution in [0.1, 0.15) is 11.6 Å². The van der Waals surface area contributed by atoms with Crippen molar-refractivity contribution in [2.75, 3.05) is 12.4 Å². The predicted octanol–water partition coefficient (Wildman–Crippen LogP) is 2.59. The summed E-state index contributed by atoms with van der Waals surface area (Å²) in [5.74, 6) is 2.48. The number of aromatic nitrogens is 4. The highest BCUT2D eigenvalue weighted by atomic mass is 127. The Morgan fingerprint density at radius 2 is 2.11 bits per heavy atom. The Labute approximate surface area is 124 Å². The SMILES string of the molecule is CNc1nc(Cc2nc3ccccc3[nH]2)ncc1I. The maximum absolute atomic E-state index is 4.53. The molecule has 5 nitrogen and oxygen atoms in total. The van der Waals surface area contributed by atoms with Crippen LogP contribution in [0.25, 0.3) is 11.0 Å². The lowest BCUT2D eigenvalue weighted by molar-refractivity contribution is 0.915. The molecule has 0 radical (unpaired) electrons. The summed E-state index contributed by atoms with van der Waals surface area (Å²) in [4.78, 5) is 16.6. The summed E-state index contributed by atoms with van der Waals surface area (Å²) in [5, 5.41) is 3.06. The van der Waals surface area contributed by atoms with E-state index < -0.39 is 0 Å². The van der Waals surface area contributed by atoms with Crippen molar-refractivity contribution in [3.05, 3.63) is 45.7 Å². The summed E-state index contributed by atoms with van der Waals surface area (Å²) >= 11 is 2.21. The zero-order valence-electron chi connectivity index (χ0n) is 10.3. The first-order chi connectivity index (χ1) is 9.26. The van der Waals surface area contributed by atoms with Gasteiger partial charge in [-0.1, -0.05) is 12.1 Å². The van der Waals surface area contributed by atoms with E-state index >= 15 is 0 Å². The van der Waals surface area contributed by atoms with Gasteiger partial charge in [0.05, 0.1) is 21.0 Å². The number of aromatic amines is 1. The second kappa shape index (κ2) is 5.12. The molecular weight excluding hydrogens is 353 g/mol. The normalized spacial score (nSPS) is 10.8. The van der Waals surface area contributed by atoms with E-state index in [0.29, 0.717) is 6.42 Å². The first-order valence-electron chi connectivity index (χ1n) is 5.89. The van der Waals surface area contributed by atoms with E-state index in [4.69, 9.17) is 0 Å². The fraction of sp³-hybridized carbons (Fsp3) is 0.154. The summed E-state index contributed by atoms with van der Waals surface area (Å²) in [7, 11) is 1.86. The maximum atomic E-state index is 4.53. The van der Waals surface area contributed by atoms with Crippen LogP contribution in [-0.2, 0) is 6.42 Å². The number of hydrogen-bond acceptors (Lipinski definition) is 4. The fourth-order valence-electron chi connectivity index (χ4n) is 1.90. The maximum Gasteiger partial charge on any atom is 0.142 e. The van der Waals surface area contributed by atoms with Crippen LogP contribution in [-0.4, -0.2) is 27.0 Å². The van der Waals surface area contributed by atoms with Crippen molar-refractivity contribution in [1.29, 1.82) is 0 Å². The molecule has 19 heavy (non-hydrogen) atoms. The minimum atomic E-state index is 0.598. The van der Waals surface area contributed by atoms with Crippen LogP contribution in [0.2, 0.25) is 0 Å². The summed E-state index contributed by atoms with van der Waals surface area (Å²) in [6.45, 7) is 0. The molecule has 0 atom stereocenters. The highest BCUT2D eigenvalue weighted by Crippen LogP contribution is 2.16. The highest BCUT2D eigenvalue weighted by Gasteiger charge is 2.07. The molecule has 3 aromatic rings. The smallest absolute Gasteiger partial charge is 0.142 e. The monoisotopic (exact) mass is 365 g/mol. The van der Waals surface area contributed by atoms with Gasteiger partial charge in [-0.05, 0) is 34.7 Å². The van der Waals surface area contributed by atoms with E-state index in [1.165, 1.54) is 0 Å². The number of nitrogens with one attached hydrogen (secondary N) is 2. The van der Waals surface area contributed by atoms with Crippen LogP contribution in [0.5, 0.6) is 0 Å². The molecule has 0 bridgehead atoms. The molecule has 0 saturated heterocycles. The van der Waals surface area contributed by atoms with Crippen LogP contribution in [0.4, 0.5) is 5.82 Å². The van der Waals surface area contributed by atoms with E-state index in [-0.39, 0.29) is 0 Å². The zero-order chi connectivity index (χ0) is 13.2. The van der Waals surface area contributed by atoms with Crippen molar-refractivity contribution < 1.29 is 0 Å². The molecule has 0 aliphatic rings. The standard InChI is InChI=1S/C13H12IN5/c1-15-13-8(14)7-16-11(19-13)6-12-17-9-4-2-3-5-10(9)18-12/h2-5,7H,6H2,1H3,(H,17,18)(H,15,16,19). The van der Waals surface area contributed by atoms with Gasteiger partial charge in [-0.25, -0.2) is 15.0 Å². The number of para-hydroxylation sites is 2. The molecule has 3 rings (SSSR count). The molecule has 0 aliphatic carbocycles. The molecular formula is C13H12IN5. The molecule has 0 amide bonds. The molecule has 2 aromatic heterocycles. The summed E-state index contributed by atoms with van der Waals surface area (Å²) < 4.78 is 1.01. The number of H-pyrrole nitrogens is 1. The Balaban J connectivity index is 1.92. The van der Waals surface area contributed by atoms with Gasteiger partial charge in [0.25, 0.3) is 0 Å². The van der Waals surface area contributed by atoms with Crippen LogP contribution < -0.4 is 5.32 Å². The summed E-state index contributed by atoms with van der Waals surface area (Å²) in [5.41, 5.74) is 2.01. The predicted molar refractivity (Wildman–Crippen MR) is 83.2 cm³/mol. The van der Waals surface area contributed by atoms with Gasteiger partial charge in [-0.2, -0.15) is 0 Å². The van der Waals surface area contributed by atoms with Gasteiger partial charge >= 0.3 is 0 Å². The number of anilines is 1. The van der Waals surface area contributed by atoms with Crippen molar-refractivity contribution in [3.63, 3.8) is 0 Å². The van der Waals surface area contributed by atoms with Crippen LogP contribution in [0.15, 0.2) is 30.5 Å². The highest BCUT2D eigenvalue weighted by molar-refractivity contribution is 14.1. The van der Waals surface area contributed by atoms with Gasteiger partial charge < -0.3 is 10.3 Å². The average molecular weight is 365 g/mol. The van der Waals surface area contributed by atoms with Crippen molar-refractivity contribution in [2.45, 2.75) is 6.42 Å². The molecule has 1 aromatic carbocycles. The van der Waals surface area contributed by atoms with E-state index in [1.807, 2.05) is 37.5 Å². The largest absolute Gasteiger partial charge is 0.372 e. The number of hydrogen-bond donors (Lipinski definition) is 2. The fourth-order valence-corrected chi connectivity index (χ4v) is 2.43. The molecule has 0 fully saturated rings. The number of benzene rings is 1. The van der Waals surface area contributed by atoms with Crippen molar-refractivity contribution in [2.24, 2.45) is 0 Å². The Bertz CT molecular complexity index is 689. The van der Waals surface area contributed by atoms with Gasteiger partial charge in [-0.15, -0.1) is 0 Å².